The third-order valence-electron chi connectivity index (χ3n) is 4.47. The number of halogens is 9. The molecule has 7 nitrogen and oxygen atoms in total. The summed E-state index contributed by atoms with van der Waals surface area (Å²) in [5, 5.41) is 10.9. The van der Waals surface area contributed by atoms with Crippen LogP contribution in [-0.2, 0) is 38.7 Å². The Bertz CT molecular complexity index is 1190. The average Bonchev–Trinajstić information content (AvgIpc) is 3.13. The molecule has 1 N–H and O–H groups in total. The first-order valence-electron chi connectivity index (χ1n) is 9.10. The molecule has 1 aromatic carbocycles. The number of aromatic nitrogens is 5. The minimum absolute atomic E-state index is 0.0636. The normalized spacial score (nSPS) is 12.8. The fourth-order valence-electron chi connectivity index (χ4n) is 2.95. The molecule has 0 unspecified atom stereocenters. The van der Waals surface area contributed by atoms with Crippen molar-refractivity contribution in [3.8, 4) is 0 Å². The summed E-state index contributed by atoms with van der Waals surface area (Å²) >= 11 is 0. The largest absolute Gasteiger partial charge is 0.417 e. The Morgan fingerprint density at radius 1 is 0.853 bits per heavy atom. The molecule has 0 aliphatic heterocycles. The number of anilines is 1. The van der Waals surface area contributed by atoms with Crippen LogP contribution in [0.1, 0.15) is 27.8 Å². The summed E-state index contributed by atoms with van der Waals surface area (Å²) in [7, 11) is 1.30. The Hall–Kier alpha value is -3.59. The molecule has 2 aromatic heterocycles. The molecule has 0 saturated heterocycles. The zero-order valence-electron chi connectivity index (χ0n) is 16.8. The number of aromatic amines is 1. The molecule has 0 fully saturated rings. The van der Waals surface area contributed by atoms with E-state index in [1.807, 2.05) is 4.98 Å². The third-order valence-corrected chi connectivity index (χ3v) is 4.47. The van der Waals surface area contributed by atoms with Crippen molar-refractivity contribution in [3.05, 3.63) is 68.6 Å². The maximum absolute atomic E-state index is 13.2. The van der Waals surface area contributed by atoms with Crippen LogP contribution in [0.4, 0.5) is 45.5 Å². The highest BCUT2D eigenvalue weighted by Crippen LogP contribution is 2.37. The van der Waals surface area contributed by atoms with Gasteiger partial charge in [0.15, 0.2) is 0 Å². The van der Waals surface area contributed by atoms with Crippen molar-refractivity contribution in [1.29, 1.82) is 0 Å². The van der Waals surface area contributed by atoms with Gasteiger partial charge in [-0.05, 0) is 35.0 Å². The minimum Gasteiger partial charge on any atom is -0.329 e. The van der Waals surface area contributed by atoms with Crippen LogP contribution in [0.3, 0.4) is 0 Å². The van der Waals surface area contributed by atoms with Crippen LogP contribution in [0, 0.1) is 0 Å². The van der Waals surface area contributed by atoms with Gasteiger partial charge >= 0.3 is 18.5 Å². The fraction of sp³-hybridized carbons (Fsp3) is 0.333. The van der Waals surface area contributed by atoms with Crippen LogP contribution >= 0.6 is 0 Å². The van der Waals surface area contributed by atoms with Crippen molar-refractivity contribution in [1.82, 2.24) is 25.2 Å². The van der Waals surface area contributed by atoms with Gasteiger partial charge in [0.05, 0.1) is 30.3 Å². The number of rotatable bonds is 5. The van der Waals surface area contributed by atoms with E-state index >= 15 is 0 Å². The zero-order valence-corrected chi connectivity index (χ0v) is 16.8. The first-order valence-corrected chi connectivity index (χ1v) is 9.10. The van der Waals surface area contributed by atoms with Crippen LogP contribution < -0.4 is 10.5 Å². The smallest absolute Gasteiger partial charge is 0.329 e. The van der Waals surface area contributed by atoms with Gasteiger partial charge in [0.1, 0.15) is 0 Å². The number of benzene rings is 1. The average molecular weight is 500 g/mol. The van der Waals surface area contributed by atoms with Crippen molar-refractivity contribution in [2.75, 3.05) is 4.90 Å². The molecular weight excluding hydrogens is 487 g/mol. The fourth-order valence-corrected chi connectivity index (χ4v) is 2.95. The highest BCUT2D eigenvalue weighted by atomic mass is 19.4. The number of pyridine rings is 1. The molecule has 0 aliphatic rings. The number of nitrogens with one attached hydrogen (secondary N) is 1. The Morgan fingerprint density at radius 3 is 1.88 bits per heavy atom. The van der Waals surface area contributed by atoms with E-state index in [1.54, 1.807) is 0 Å². The van der Waals surface area contributed by atoms with Gasteiger partial charge in [0.25, 0.3) is 11.5 Å². The summed E-state index contributed by atoms with van der Waals surface area (Å²) in [6.07, 6.45) is -14.6. The van der Waals surface area contributed by atoms with Gasteiger partial charge in [-0.2, -0.15) is 44.3 Å². The lowest BCUT2D eigenvalue weighted by molar-refractivity contribution is -0.143. The number of nitrogens with zero attached hydrogens (tertiary/aromatic N) is 5. The van der Waals surface area contributed by atoms with E-state index in [2.05, 4.69) is 15.4 Å². The van der Waals surface area contributed by atoms with E-state index in [9.17, 15) is 44.3 Å². The molecule has 184 valence electrons. The number of hydrogen-bond donors (Lipinski definition) is 1. The molecule has 0 spiro atoms. The van der Waals surface area contributed by atoms with Gasteiger partial charge in [0, 0.05) is 18.3 Å². The quantitative estimate of drug-likeness (QED) is 0.533. The van der Waals surface area contributed by atoms with Crippen molar-refractivity contribution >= 4 is 5.95 Å². The van der Waals surface area contributed by atoms with Crippen molar-refractivity contribution in [2.24, 2.45) is 7.05 Å². The first kappa shape index (κ1) is 25.0. The summed E-state index contributed by atoms with van der Waals surface area (Å²) < 4.78 is 118. The lowest BCUT2D eigenvalue weighted by atomic mass is 10.0. The highest BCUT2D eigenvalue weighted by Gasteiger charge is 2.37. The van der Waals surface area contributed by atoms with Gasteiger partial charge < -0.3 is 9.88 Å². The lowest BCUT2D eigenvalue weighted by Crippen LogP contribution is -2.28. The van der Waals surface area contributed by atoms with E-state index < -0.39 is 65.0 Å². The van der Waals surface area contributed by atoms with E-state index in [1.165, 1.54) is 7.05 Å². The predicted molar refractivity (Wildman–Crippen MR) is 97.2 cm³/mol. The van der Waals surface area contributed by atoms with Gasteiger partial charge in [-0.3, -0.25) is 4.79 Å². The van der Waals surface area contributed by atoms with Gasteiger partial charge in [-0.1, -0.05) is 5.10 Å². The lowest BCUT2D eigenvalue weighted by Gasteiger charge is -2.22. The predicted octanol–water partition coefficient (Wildman–Crippen LogP) is 4.16. The molecule has 0 radical (unpaired) electrons. The maximum Gasteiger partial charge on any atom is 0.417 e. The SMILES string of the molecule is Cn1nnc(N(Cc2cc(C(F)(F)F)cc(C(F)(F)F)c2)Cc2cc(C(F)(F)F)c[nH]c2=O)n1. The zero-order chi connectivity index (χ0) is 25.5. The summed E-state index contributed by atoms with van der Waals surface area (Å²) in [4.78, 5) is 15.8. The second kappa shape index (κ2) is 8.64. The molecule has 0 aliphatic carbocycles. The highest BCUT2D eigenvalue weighted by molar-refractivity contribution is 5.38. The van der Waals surface area contributed by atoms with E-state index in [-0.39, 0.29) is 12.0 Å². The van der Waals surface area contributed by atoms with Gasteiger partial charge in [-0.25, -0.2) is 0 Å². The molecule has 0 saturated carbocycles. The third kappa shape index (κ3) is 5.85. The van der Waals surface area contributed by atoms with Crippen LogP contribution in [0.2, 0.25) is 0 Å². The molecule has 34 heavy (non-hydrogen) atoms. The Morgan fingerprint density at radius 2 is 1.41 bits per heavy atom. The molecule has 0 bridgehead atoms. The summed E-state index contributed by atoms with van der Waals surface area (Å²) in [6, 6.07) is 1.35. The van der Waals surface area contributed by atoms with Crippen LogP contribution in [-0.4, -0.2) is 25.2 Å². The second-order valence-electron chi connectivity index (χ2n) is 7.09. The van der Waals surface area contributed by atoms with Gasteiger partial charge in [-0.15, -0.1) is 5.10 Å². The number of aryl methyl sites for hydroxylation is 1. The van der Waals surface area contributed by atoms with E-state index in [4.69, 9.17) is 0 Å². The number of H-pyrrole nitrogens is 1. The summed E-state index contributed by atoms with van der Waals surface area (Å²) in [6.45, 7) is -1.39. The van der Waals surface area contributed by atoms with Crippen molar-refractivity contribution < 1.29 is 39.5 Å². The van der Waals surface area contributed by atoms with Crippen molar-refractivity contribution in [3.63, 3.8) is 0 Å². The van der Waals surface area contributed by atoms with Crippen LogP contribution in [0.15, 0.2) is 35.3 Å². The minimum atomic E-state index is -5.11. The summed E-state index contributed by atoms with van der Waals surface area (Å²) in [5.41, 5.74) is -6.32. The van der Waals surface area contributed by atoms with Crippen molar-refractivity contribution in [2.45, 2.75) is 31.6 Å². The standard InChI is InChI=1S/C18H13F9N6O/c1-32-30-15(29-31-32)33(8-10-4-13(18(25,26)27)6-28-14(10)34)7-9-2-11(16(19,20)21)5-12(3-9)17(22,23)24/h2-6H,7-8H2,1H3,(H,28,34). The molecule has 2 heterocycles. The second-order valence-corrected chi connectivity index (χ2v) is 7.09. The molecule has 3 aromatic rings. The first-order chi connectivity index (χ1) is 15.5. The monoisotopic (exact) mass is 500 g/mol. The van der Waals surface area contributed by atoms with Crippen LogP contribution in [0.25, 0.3) is 0 Å². The topological polar surface area (TPSA) is 79.7 Å². The molecule has 0 amide bonds. The molecular formula is C18H13F9N6O. The Labute approximate surface area is 183 Å². The van der Waals surface area contributed by atoms with E-state index in [0.717, 1.165) is 9.70 Å². The number of tetrazole rings is 1. The molecule has 3 rings (SSSR count). The summed E-state index contributed by atoms with van der Waals surface area (Å²) in [5.74, 6) is -0.342. The molecule has 16 heteroatoms. The molecule has 0 atom stereocenters. The Balaban J connectivity index is 2.07. The number of alkyl halides is 9. The van der Waals surface area contributed by atoms with E-state index in [0.29, 0.717) is 24.4 Å². The number of hydrogen-bond acceptors (Lipinski definition) is 5. The Kier molecular flexibility index (Phi) is 6.36. The van der Waals surface area contributed by atoms with Gasteiger partial charge in [0.2, 0.25) is 0 Å². The maximum atomic E-state index is 13.2. The van der Waals surface area contributed by atoms with Crippen LogP contribution in [0.5, 0.6) is 0 Å².